The largest absolute Gasteiger partial charge is 0.457 e. The van der Waals surface area contributed by atoms with Crippen molar-refractivity contribution < 1.29 is 4.74 Å². The lowest BCUT2D eigenvalue weighted by Crippen LogP contribution is -1.90. The second-order valence-corrected chi connectivity index (χ2v) is 5.03. The Morgan fingerprint density at radius 1 is 1.00 bits per heavy atom. The monoisotopic (exact) mass is 286 g/mol. The van der Waals surface area contributed by atoms with E-state index in [1.54, 1.807) is 0 Å². The van der Waals surface area contributed by atoms with Crippen molar-refractivity contribution in [1.29, 1.82) is 0 Å². The number of allylic oxidation sites excluding steroid dienone is 2. The topological polar surface area (TPSA) is 9.23 Å². The minimum atomic E-state index is 0.428. The lowest BCUT2D eigenvalue weighted by atomic mass is 10.0. The number of hydrogen-bond donors (Lipinski definition) is 0. The fourth-order valence-corrected chi connectivity index (χ4v) is 2.20. The summed E-state index contributed by atoms with van der Waals surface area (Å²) in [6.45, 7) is 4.22. The Hall–Kier alpha value is -1.73. The van der Waals surface area contributed by atoms with Gasteiger partial charge in [0, 0.05) is 5.88 Å². The maximum atomic E-state index is 5.81. The van der Waals surface area contributed by atoms with Crippen molar-refractivity contribution in [1.82, 2.24) is 0 Å². The zero-order chi connectivity index (χ0) is 14.4. The van der Waals surface area contributed by atoms with Gasteiger partial charge in [-0.15, -0.1) is 11.6 Å². The van der Waals surface area contributed by atoms with E-state index in [4.69, 9.17) is 16.3 Å². The molecule has 0 bridgehead atoms. The Balaban J connectivity index is 2.06. The molecule has 2 aromatic rings. The lowest BCUT2D eigenvalue weighted by Gasteiger charge is -2.09. The molecule has 0 fully saturated rings. The third kappa shape index (κ3) is 3.88. The predicted octanol–water partition coefficient (Wildman–Crippen LogP) is 5.90. The Labute approximate surface area is 125 Å². The van der Waals surface area contributed by atoms with Crippen LogP contribution in [0.5, 0.6) is 11.5 Å². The quantitative estimate of drug-likeness (QED) is 0.491. The molecule has 0 aliphatic heterocycles. The summed E-state index contributed by atoms with van der Waals surface area (Å²) in [5.41, 5.74) is 2.38. The molecule has 20 heavy (non-hydrogen) atoms. The van der Waals surface area contributed by atoms with Crippen molar-refractivity contribution in [3.05, 3.63) is 71.8 Å². The van der Waals surface area contributed by atoms with Crippen molar-refractivity contribution in [2.24, 2.45) is 0 Å². The summed E-state index contributed by atoms with van der Waals surface area (Å²) in [6.07, 6.45) is 4.26. The Morgan fingerprint density at radius 2 is 1.55 bits per heavy atom. The Morgan fingerprint density at radius 3 is 2.05 bits per heavy atom. The highest BCUT2D eigenvalue weighted by Crippen LogP contribution is 2.25. The van der Waals surface area contributed by atoms with Gasteiger partial charge in [0.05, 0.1) is 0 Å². The van der Waals surface area contributed by atoms with E-state index in [-0.39, 0.29) is 0 Å². The van der Waals surface area contributed by atoms with Gasteiger partial charge in [-0.25, -0.2) is 0 Å². The van der Waals surface area contributed by atoms with Crippen molar-refractivity contribution in [3.8, 4) is 11.5 Å². The average molecular weight is 287 g/mol. The molecule has 1 nitrogen and oxygen atoms in total. The van der Waals surface area contributed by atoms with Crippen LogP contribution in [0.15, 0.2) is 60.7 Å². The third-order valence-electron chi connectivity index (χ3n) is 3.20. The molecule has 0 radical (unpaired) electrons. The first-order valence-electron chi connectivity index (χ1n) is 6.78. The molecule has 2 aromatic carbocycles. The van der Waals surface area contributed by atoms with Crippen LogP contribution in [0.4, 0.5) is 0 Å². The summed E-state index contributed by atoms with van der Waals surface area (Å²) in [5.74, 6) is 2.63. The Bertz CT molecular complexity index is 555. The Kier molecular flexibility index (Phi) is 5.25. The molecule has 2 rings (SSSR count). The van der Waals surface area contributed by atoms with Gasteiger partial charge in [0.15, 0.2) is 0 Å². The second-order valence-electron chi connectivity index (χ2n) is 4.76. The van der Waals surface area contributed by atoms with E-state index in [1.165, 1.54) is 5.56 Å². The first-order valence-corrected chi connectivity index (χ1v) is 7.32. The van der Waals surface area contributed by atoms with Gasteiger partial charge in [0.2, 0.25) is 0 Å². The second kappa shape index (κ2) is 7.16. The fourth-order valence-electron chi connectivity index (χ4n) is 2.02. The SMILES string of the molecule is C/C=C/C(C)c1ccc(Oc2ccc(CCl)cc2)cc1. The predicted molar refractivity (Wildman–Crippen MR) is 85.7 cm³/mol. The van der Waals surface area contributed by atoms with Crippen LogP contribution in [0, 0.1) is 0 Å². The highest BCUT2D eigenvalue weighted by molar-refractivity contribution is 6.17. The van der Waals surface area contributed by atoms with E-state index >= 15 is 0 Å². The highest BCUT2D eigenvalue weighted by atomic mass is 35.5. The van der Waals surface area contributed by atoms with Crippen LogP contribution >= 0.6 is 11.6 Å². The number of benzene rings is 2. The minimum absolute atomic E-state index is 0.428. The fraction of sp³-hybridized carbons (Fsp3) is 0.222. The molecule has 0 aromatic heterocycles. The van der Waals surface area contributed by atoms with E-state index in [9.17, 15) is 0 Å². The molecule has 0 heterocycles. The highest BCUT2D eigenvalue weighted by Gasteiger charge is 2.02. The third-order valence-corrected chi connectivity index (χ3v) is 3.51. The smallest absolute Gasteiger partial charge is 0.127 e. The molecule has 0 saturated carbocycles. The summed E-state index contributed by atoms with van der Waals surface area (Å²) in [7, 11) is 0. The molecule has 1 unspecified atom stereocenters. The van der Waals surface area contributed by atoms with Gasteiger partial charge in [-0.1, -0.05) is 43.3 Å². The summed E-state index contributed by atoms with van der Waals surface area (Å²) in [6, 6.07) is 16.0. The zero-order valence-corrected chi connectivity index (χ0v) is 12.6. The molecular weight excluding hydrogens is 268 g/mol. The van der Waals surface area contributed by atoms with Crippen molar-refractivity contribution >= 4 is 11.6 Å². The molecule has 0 spiro atoms. The number of rotatable bonds is 5. The lowest BCUT2D eigenvalue weighted by molar-refractivity contribution is 0.482. The first kappa shape index (κ1) is 14.7. The summed E-state index contributed by atoms with van der Waals surface area (Å²) >= 11 is 5.77. The van der Waals surface area contributed by atoms with Crippen LogP contribution in [0.1, 0.15) is 30.9 Å². The molecule has 0 saturated heterocycles. The zero-order valence-electron chi connectivity index (χ0n) is 11.8. The van der Waals surface area contributed by atoms with Gasteiger partial charge >= 0.3 is 0 Å². The molecule has 2 heteroatoms. The molecule has 0 aliphatic rings. The van der Waals surface area contributed by atoms with Gasteiger partial charge in [0.1, 0.15) is 11.5 Å². The van der Waals surface area contributed by atoms with Gasteiger partial charge in [-0.05, 0) is 48.2 Å². The first-order chi connectivity index (χ1) is 9.72. The van der Waals surface area contributed by atoms with Crippen LogP contribution in [0.25, 0.3) is 0 Å². The van der Waals surface area contributed by atoms with E-state index in [2.05, 4.69) is 31.2 Å². The summed E-state index contributed by atoms with van der Waals surface area (Å²) in [4.78, 5) is 0. The van der Waals surface area contributed by atoms with Gasteiger partial charge in [0.25, 0.3) is 0 Å². The van der Waals surface area contributed by atoms with Crippen LogP contribution in [0.2, 0.25) is 0 Å². The van der Waals surface area contributed by atoms with E-state index < -0.39 is 0 Å². The van der Waals surface area contributed by atoms with Crippen LogP contribution < -0.4 is 4.74 Å². The standard InChI is InChI=1S/C18H19ClO/c1-3-4-14(2)16-7-11-18(12-8-16)20-17-9-5-15(13-19)6-10-17/h3-12,14H,13H2,1-2H3/b4-3+. The molecule has 0 amide bonds. The molecule has 1 atom stereocenters. The van der Waals surface area contributed by atoms with E-state index in [0.29, 0.717) is 11.8 Å². The minimum Gasteiger partial charge on any atom is -0.457 e. The normalized spacial score (nSPS) is 12.6. The van der Waals surface area contributed by atoms with E-state index in [0.717, 1.165) is 17.1 Å². The molecule has 0 N–H and O–H groups in total. The summed E-state index contributed by atoms with van der Waals surface area (Å²) < 4.78 is 5.81. The number of ether oxygens (including phenoxy) is 1. The number of alkyl halides is 1. The van der Waals surface area contributed by atoms with Crippen molar-refractivity contribution in [3.63, 3.8) is 0 Å². The average Bonchev–Trinajstić information content (AvgIpc) is 2.49. The molecule has 104 valence electrons. The van der Waals surface area contributed by atoms with Crippen LogP contribution in [0.3, 0.4) is 0 Å². The van der Waals surface area contributed by atoms with Crippen molar-refractivity contribution in [2.75, 3.05) is 0 Å². The van der Waals surface area contributed by atoms with E-state index in [1.807, 2.05) is 43.3 Å². The molecular formula is C18H19ClO. The van der Waals surface area contributed by atoms with Gasteiger partial charge in [-0.2, -0.15) is 0 Å². The van der Waals surface area contributed by atoms with Gasteiger partial charge in [-0.3, -0.25) is 0 Å². The summed E-state index contributed by atoms with van der Waals surface area (Å²) in [5, 5.41) is 0. The van der Waals surface area contributed by atoms with Crippen molar-refractivity contribution in [2.45, 2.75) is 25.6 Å². The molecule has 0 aliphatic carbocycles. The maximum Gasteiger partial charge on any atom is 0.127 e. The number of hydrogen-bond acceptors (Lipinski definition) is 1. The van der Waals surface area contributed by atoms with Gasteiger partial charge < -0.3 is 4.74 Å². The number of halogens is 1. The maximum absolute atomic E-state index is 5.81. The van der Waals surface area contributed by atoms with Crippen LogP contribution in [-0.4, -0.2) is 0 Å². The van der Waals surface area contributed by atoms with Crippen LogP contribution in [-0.2, 0) is 5.88 Å².